The van der Waals surface area contributed by atoms with Gasteiger partial charge in [0.15, 0.2) is 0 Å². The van der Waals surface area contributed by atoms with Gasteiger partial charge in [0.25, 0.3) is 0 Å². The van der Waals surface area contributed by atoms with Crippen molar-refractivity contribution in [2.24, 2.45) is 0 Å². The van der Waals surface area contributed by atoms with Crippen molar-refractivity contribution in [1.29, 1.82) is 0 Å². The highest BCUT2D eigenvalue weighted by Crippen LogP contribution is 2.35. The van der Waals surface area contributed by atoms with E-state index in [0.29, 0.717) is 5.56 Å². The Labute approximate surface area is 156 Å². The minimum atomic E-state index is -4.40. The van der Waals surface area contributed by atoms with E-state index in [-0.39, 0.29) is 12.6 Å². The summed E-state index contributed by atoms with van der Waals surface area (Å²) >= 11 is 0. The number of halogens is 3. The quantitative estimate of drug-likeness (QED) is 0.803. The second kappa shape index (κ2) is 7.48. The van der Waals surface area contributed by atoms with Crippen LogP contribution in [-0.2, 0) is 18.3 Å². The SMILES string of the molecule is C=C1CCN(C(C)C(O)(Cn2ccnc2)c2ccc(C(F)(F)F)cc2)CC1. The lowest BCUT2D eigenvalue weighted by Crippen LogP contribution is -2.53. The van der Waals surface area contributed by atoms with E-state index in [2.05, 4.69) is 16.5 Å². The Morgan fingerprint density at radius 3 is 2.26 bits per heavy atom. The van der Waals surface area contributed by atoms with Gasteiger partial charge in [0.1, 0.15) is 5.60 Å². The Balaban J connectivity index is 1.93. The number of alkyl halides is 3. The zero-order valence-electron chi connectivity index (χ0n) is 15.3. The highest BCUT2D eigenvalue weighted by molar-refractivity contribution is 5.30. The predicted molar refractivity (Wildman–Crippen MR) is 97.0 cm³/mol. The van der Waals surface area contributed by atoms with Crippen molar-refractivity contribution in [3.63, 3.8) is 0 Å². The Morgan fingerprint density at radius 2 is 1.74 bits per heavy atom. The number of piperidine rings is 1. The number of imidazole rings is 1. The van der Waals surface area contributed by atoms with E-state index in [4.69, 9.17) is 0 Å². The first-order chi connectivity index (χ1) is 12.7. The molecule has 0 amide bonds. The smallest absolute Gasteiger partial charge is 0.382 e. The van der Waals surface area contributed by atoms with E-state index < -0.39 is 17.3 Å². The molecule has 27 heavy (non-hydrogen) atoms. The van der Waals surface area contributed by atoms with E-state index in [0.717, 1.165) is 38.1 Å². The van der Waals surface area contributed by atoms with Gasteiger partial charge < -0.3 is 9.67 Å². The monoisotopic (exact) mass is 379 g/mol. The number of aromatic nitrogens is 2. The van der Waals surface area contributed by atoms with Crippen molar-refractivity contribution in [3.05, 3.63) is 66.3 Å². The van der Waals surface area contributed by atoms with Crippen LogP contribution in [0.25, 0.3) is 0 Å². The highest BCUT2D eigenvalue weighted by Gasteiger charge is 2.40. The summed E-state index contributed by atoms with van der Waals surface area (Å²) in [6.45, 7) is 7.68. The molecule has 7 heteroatoms. The first kappa shape index (κ1) is 19.6. The van der Waals surface area contributed by atoms with Crippen LogP contribution in [-0.4, -0.2) is 38.7 Å². The number of likely N-dealkylation sites (tertiary alicyclic amines) is 1. The molecule has 4 nitrogen and oxygen atoms in total. The molecule has 0 saturated carbocycles. The molecule has 3 rings (SSSR count). The van der Waals surface area contributed by atoms with Gasteiger partial charge in [0.2, 0.25) is 0 Å². The molecule has 1 fully saturated rings. The molecule has 2 unspecified atom stereocenters. The number of rotatable bonds is 5. The minimum Gasteiger partial charge on any atom is -0.382 e. The lowest BCUT2D eigenvalue weighted by molar-refractivity contribution is -0.137. The van der Waals surface area contributed by atoms with Crippen molar-refractivity contribution < 1.29 is 18.3 Å². The van der Waals surface area contributed by atoms with Gasteiger partial charge in [-0.1, -0.05) is 24.3 Å². The van der Waals surface area contributed by atoms with E-state index in [1.165, 1.54) is 17.7 Å². The van der Waals surface area contributed by atoms with E-state index in [1.54, 1.807) is 23.3 Å². The molecule has 1 saturated heterocycles. The molecule has 0 spiro atoms. The normalized spacial score (nSPS) is 19.7. The summed E-state index contributed by atoms with van der Waals surface area (Å²) in [5.41, 5.74) is -0.436. The van der Waals surface area contributed by atoms with Crippen LogP contribution in [0.1, 0.15) is 30.9 Å². The van der Waals surface area contributed by atoms with Crippen LogP contribution in [0.3, 0.4) is 0 Å². The largest absolute Gasteiger partial charge is 0.416 e. The Kier molecular flexibility index (Phi) is 5.44. The molecule has 1 aliphatic heterocycles. The molecule has 0 bridgehead atoms. The molecule has 1 aromatic heterocycles. The standard InChI is InChI=1S/C20H24F3N3O/c1-15-7-10-26(11-8-15)16(2)19(27,13-25-12-9-24-14-25)17-3-5-18(6-4-17)20(21,22)23/h3-6,9,12,14,16,27H,1,7-8,10-11,13H2,2H3. The van der Waals surface area contributed by atoms with Crippen LogP contribution in [0.2, 0.25) is 0 Å². The summed E-state index contributed by atoms with van der Waals surface area (Å²) in [7, 11) is 0. The van der Waals surface area contributed by atoms with Crippen molar-refractivity contribution in [2.45, 2.75) is 44.1 Å². The zero-order chi connectivity index (χ0) is 19.7. The second-order valence-corrected chi connectivity index (χ2v) is 7.20. The van der Waals surface area contributed by atoms with Crippen molar-refractivity contribution in [2.75, 3.05) is 13.1 Å². The van der Waals surface area contributed by atoms with Gasteiger partial charge in [-0.3, -0.25) is 4.90 Å². The highest BCUT2D eigenvalue weighted by atomic mass is 19.4. The van der Waals surface area contributed by atoms with Gasteiger partial charge in [-0.05, 0) is 37.5 Å². The maximum absolute atomic E-state index is 12.9. The average molecular weight is 379 g/mol. The number of aliphatic hydroxyl groups is 1. The van der Waals surface area contributed by atoms with Crippen molar-refractivity contribution in [3.8, 4) is 0 Å². The lowest BCUT2D eigenvalue weighted by Gasteiger charge is -2.43. The number of benzene rings is 1. The number of nitrogens with zero attached hydrogens (tertiary/aromatic N) is 3. The lowest BCUT2D eigenvalue weighted by atomic mass is 9.84. The van der Waals surface area contributed by atoms with Crippen LogP contribution >= 0.6 is 0 Å². The van der Waals surface area contributed by atoms with Gasteiger partial charge in [0, 0.05) is 31.5 Å². The topological polar surface area (TPSA) is 41.3 Å². The van der Waals surface area contributed by atoms with Gasteiger partial charge in [-0.2, -0.15) is 13.2 Å². The molecule has 2 atom stereocenters. The minimum absolute atomic E-state index is 0.205. The van der Waals surface area contributed by atoms with Crippen molar-refractivity contribution >= 4 is 0 Å². The van der Waals surface area contributed by atoms with Crippen LogP contribution in [0.15, 0.2) is 55.1 Å². The van der Waals surface area contributed by atoms with Crippen molar-refractivity contribution in [1.82, 2.24) is 14.5 Å². The van der Waals surface area contributed by atoms with Gasteiger partial charge in [0.05, 0.1) is 18.4 Å². The summed E-state index contributed by atoms with van der Waals surface area (Å²) in [4.78, 5) is 6.18. The van der Waals surface area contributed by atoms with E-state index >= 15 is 0 Å². The fourth-order valence-corrected chi connectivity index (χ4v) is 3.60. The van der Waals surface area contributed by atoms with Crippen LogP contribution < -0.4 is 0 Å². The fraction of sp³-hybridized carbons (Fsp3) is 0.450. The Morgan fingerprint density at radius 1 is 1.15 bits per heavy atom. The molecule has 0 radical (unpaired) electrons. The second-order valence-electron chi connectivity index (χ2n) is 7.20. The molecular formula is C20H24F3N3O. The summed E-state index contributed by atoms with van der Waals surface area (Å²) in [5, 5.41) is 11.6. The van der Waals surface area contributed by atoms with E-state index in [1.807, 2.05) is 6.92 Å². The molecule has 1 aromatic carbocycles. The molecule has 1 N–H and O–H groups in total. The predicted octanol–water partition coefficient (Wildman–Crippen LogP) is 3.83. The fourth-order valence-electron chi connectivity index (χ4n) is 3.60. The van der Waals surface area contributed by atoms with Gasteiger partial charge >= 0.3 is 6.18 Å². The van der Waals surface area contributed by atoms with Gasteiger partial charge in [-0.25, -0.2) is 4.98 Å². The first-order valence-electron chi connectivity index (χ1n) is 8.97. The number of hydrogen-bond donors (Lipinski definition) is 1. The molecular weight excluding hydrogens is 355 g/mol. The number of hydrogen-bond acceptors (Lipinski definition) is 3. The Hall–Kier alpha value is -2.12. The van der Waals surface area contributed by atoms with Crippen LogP contribution in [0.4, 0.5) is 13.2 Å². The molecule has 0 aliphatic carbocycles. The Bertz CT molecular complexity index is 761. The zero-order valence-corrected chi connectivity index (χ0v) is 15.3. The third-order valence-electron chi connectivity index (χ3n) is 5.44. The summed E-state index contributed by atoms with van der Waals surface area (Å²) in [5.74, 6) is 0. The molecule has 1 aliphatic rings. The van der Waals surface area contributed by atoms with Gasteiger partial charge in [-0.15, -0.1) is 0 Å². The molecule has 2 heterocycles. The van der Waals surface area contributed by atoms with Crippen LogP contribution in [0.5, 0.6) is 0 Å². The maximum Gasteiger partial charge on any atom is 0.416 e. The molecule has 2 aromatic rings. The summed E-state index contributed by atoms with van der Waals surface area (Å²) in [6, 6.07) is 4.51. The van der Waals surface area contributed by atoms with Crippen LogP contribution in [0, 0.1) is 0 Å². The summed E-state index contributed by atoms with van der Waals surface area (Å²) in [6.07, 6.45) is 2.26. The first-order valence-corrected chi connectivity index (χ1v) is 8.97. The maximum atomic E-state index is 12.9. The summed E-state index contributed by atoms with van der Waals surface area (Å²) < 4.78 is 40.5. The third-order valence-corrected chi connectivity index (χ3v) is 5.44. The van der Waals surface area contributed by atoms with E-state index in [9.17, 15) is 18.3 Å². The average Bonchev–Trinajstić information content (AvgIpc) is 3.14. The molecule has 146 valence electrons. The third kappa shape index (κ3) is 4.25.